The summed E-state index contributed by atoms with van der Waals surface area (Å²) in [4.78, 5) is 2.44. The fourth-order valence-electron chi connectivity index (χ4n) is 2.74. The quantitative estimate of drug-likeness (QED) is 0.381. The van der Waals surface area contributed by atoms with Gasteiger partial charge >= 0.3 is 0 Å². The lowest BCUT2D eigenvalue weighted by atomic mass is 10.0. The zero-order chi connectivity index (χ0) is 14.7. The van der Waals surface area contributed by atoms with Crippen molar-refractivity contribution < 1.29 is 9.94 Å². The molecule has 0 saturated carbocycles. The van der Waals surface area contributed by atoms with Gasteiger partial charge in [0.25, 0.3) is 0 Å². The lowest BCUT2D eigenvalue weighted by molar-refractivity contribution is 0.315. The summed E-state index contributed by atoms with van der Waals surface area (Å²) < 4.78 is 5.24. The second-order valence-corrected chi connectivity index (χ2v) is 5.67. The number of oxime groups is 1. The zero-order valence-electron chi connectivity index (χ0n) is 12.3. The molecule has 1 aliphatic heterocycles. The largest absolute Gasteiger partial charge is 0.496 e. The predicted octanol–water partition coefficient (Wildman–Crippen LogP) is 1.88. The number of nitrogens with two attached hydrogens (primary N) is 1. The lowest BCUT2D eigenvalue weighted by Crippen LogP contribution is -2.21. The van der Waals surface area contributed by atoms with Crippen LogP contribution in [-0.4, -0.2) is 36.1 Å². The molecule has 0 bridgehead atoms. The first-order chi connectivity index (χ1) is 9.55. The maximum atomic E-state index is 8.85. The number of rotatable bonds is 4. The van der Waals surface area contributed by atoms with Crippen LogP contribution in [0.3, 0.4) is 0 Å². The van der Waals surface area contributed by atoms with E-state index >= 15 is 0 Å². The average Bonchev–Trinajstić information content (AvgIpc) is 2.76. The van der Waals surface area contributed by atoms with Gasteiger partial charge in [-0.1, -0.05) is 25.1 Å². The van der Waals surface area contributed by atoms with Crippen molar-refractivity contribution in [3.05, 3.63) is 29.3 Å². The summed E-state index contributed by atoms with van der Waals surface area (Å²) in [5.41, 5.74) is 7.48. The van der Waals surface area contributed by atoms with Gasteiger partial charge in [-0.3, -0.25) is 4.90 Å². The number of amidine groups is 1. The molecule has 2 unspecified atom stereocenters. The minimum atomic E-state index is 0.0758. The smallest absolute Gasteiger partial charge is 0.173 e. The molecule has 0 amide bonds. The van der Waals surface area contributed by atoms with Gasteiger partial charge in [-0.15, -0.1) is 0 Å². The van der Waals surface area contributed by atoms with Crippen molar-refractivity contribution >= 4 is 5.84 Å². The Labute approximate surface area is 120 Å². The third kappa shape index (κ3) is 3.04. The topological polar surface area (TPSA) is 71.1 Å². The molecule has 1 aliphatic rings. The van der Waals surface area contributed by atoms with Crippen molar-refractivity contribution in [2.75, 3.05) is 20.2 Å². The normalized spacial score (nSPS) is 24.1. The van der Waals surface area contributed by atoms with E-state index in [1.807, 2.05) is 18.2 Å². The second-order valence-electron chi connectivity index (χ2n) is 5.67. The molecular weight excluding hydrogens is 254 g/mol. The molecule has 5 nitrogen and oxygen atoms in total. The van der Waals surface area contributed by atoms with Gasteiger partial charge in [0.1, 0.15) is 5.75 Å². The molecular formula is C15H23N3O2. The van der Waals surface area contributed by atoms with Crippen LogP contribution in [-0.2, 0) is 6.54 Å². The fraction of sp³-hybridized carbons (Fsp3) is 0.533. The van der Waals surface area contributed by atoms with Crippen LogP contribution in [0.15, 0.2) is 23.4 Å². The predicted molar refractivity (Wildman–Crippen MR) is 79.1 cm³/mol. The lowest BCUT2D eigenvalue weighted by Gasteiger charge is -2.17. The van der Waals surface area contributed by atoms with Gasteiger partial charge in [0.15, 0.2) is 5.84 Å². The summed E-state index contributed by atoms with van der Waals surface area (Å²) in [6.45, 7) is 7.70. The minimum Gasteiger partial charge on any atom is -0.496 e. The van der Waals surface area contributed by atoms with Crippen LogP contribution in [0, 0.1) is 11.8 Å². The Morgan fingerprint density at radius 3 is 2.60 bits per heavy atom. The maximum absolute atomic E-state index is 8.85. The molecule has 20 heavy (non-hydrogen) atoms. The number of nitrogens with zero attached hydrogens (tertiary/aromatic N) is 2. The van der Waals surface area contributed by atoms with Crippen LogP contribution in [0.2, 0.25) is 0 Å². The molecule has 1 aromatic rings. The highest BCUT2D eigenvalue weighted by Gasteiger charge is 2.25. The molecule has 2 atom stereocenters. The number of hydrogen-bond acceptors (Lipinski definition) is 4. The van der Waals surface area contributed by atoms with Crippen LogP contribution in [0.5, 0.6) is 5.75 Å². The first-order valence-corrected chi connectivity index (χ1v) is 6.92. The van der Waals surface area contributed by atoms with E-state index in [-0.39, 0.29) is 5.84 Å². The third-order valence-corrected chi connectivity index (χ3v) is 4.12. The molecule has 1 fully saturated rings. The van der Waals surface area contributed by atoms with E-state index in [2.05, 4.69) is 23.9 Å². The Kier molecular flexibility index (Phi) is 4.49. The Morgan fingerprint density at radius 1 is 1.40 bits per heavy atom. The van der Waals surface area contributed by atoms with Crippen molar-refractivity contribution in [1.29, 1.82) is 0 Å². The molecule has 0 radical (unpaired) electrons. The van der Waals surface area contributed by atoms with Gasteiger partial charge in [-0.25, -0.2) is 0 Å². The van der Waals surface area contributed by atoms with E-state index in [9.17, 15) is 0 Å². The summed E-state index contributed by atoms with van der Waals surface area (Å²) >= 11 is 0. The first kappa shape index (κ1) is 14.7. The molecule has 5 heteroatoms. The number of methoxy groups -OCH3 is 1. The summed E-state index contributed by atoms with van der Waals surface area (Å²) in [6.07, 6.45) is 0. The highest BCUT2D eigenvalue weighted by Crippen LogP contribution is 2.25. The molecule has 1 saturated heterocycles. The van der Waals surface area contributed by atoms with Crippen LogP contribution < -0.4 is 10.5 Å². The molecule has 110 valence electrons. The Balaban J connectivity index is 2.17. The van der Waals surface area contributed by atoms with Crippen molar-refractivity contribution in [1.82, 2.24) is 4.90 Å². The molecule has 0 spiro atoms. The molecule has 1 aromatic carbocycles. The van der Waals surface area contributed by atoms with Gasteiger partial charge in [0, 0.05) is 19.6 Å². The Hall–Kier alpha value is -1.75. The molecule has 0 aromatic heterocycles. The molecule has 1 heterocycles. The van der Waals surface area contributed by atoms with Gasteiger partial charge in [0.2, 0.25) is 0 Å². The SMILES string of the molecule is COc1ccc(CN2CC(C)C(C)C2)cc1C(N)=NO. The van der Waals surface area contributed by atoms with Crippen LogP contribution >= 0.6 is 0 Å². The van der Waals surface area contributed by atoms with Crippen LogP contribution in [0.25, 0.3) is 0 Å². The van der Waals surface area contributed by atoms with Gasteiger partial charge < -0.3 is 15.7 Å². The van der Waals surface area contributed by atoms with Gasteiger partial charge in [-0.05, 0) is 29.5 Å². The Bertz CT molecular complexity index is 492. The minimum absolute atomic E-state index is 0.0758. The van der Waals surface area contributed by atoms with Gasteiger partial charge in [-0.2, -0.15) is 0 Å². The second kappa shape index (κ2) is 6.13. The van der Waals surface area contributed by atoms with E-state index in [0.29, 0.717) is 11.3 Å². The third-order valence-electron chi connectivity index (χ3n) is 4.12. The highest BCUT2D eigenvalue weighted by molar-refractivity contribution is 5.99. The summed E-state index contributed by atoms with van der Waals surface area (Å²) in [5.74, 6) is 2.16. The van der Waals surface area contributed by atoms with E-state index < -0.39 is 0 Å². The van der Waals surface area contributed by atoms with E-state index in [1.165, 1.54) is 0 Å². The number of likely N-dealkylation sites (tertiary alicyclic amines) is 1. The monoisotopic (exact) mass is 277 g/mol. The van der Waals surface area contributed by atoms with Crippen molar-refractivity contribution in [2.24, 2.45) is 22.7 Å². The number of benzene rings is 1. The average molecular weight is 277 g/mol. The molecule has 2 rings (SSSR count). The van der Waals surface area contributed by atoms with Crippen LogP contribution in [0.1, 0.15) is 25.0 Å². The van der Waals surface area contributed by atoms with Crippen LogP contribution in [0.4, 0.5) is 0 Å². The van der Waals surface area contributed by atoms with E-state index in [1.54, 1.807) is 7.11 Å². The van der Waals surface area contributed by atoms with E-state index in [4.69, 9.17) is 15.7 Å². The zero-order valence-corrected chi connectivity index (χ0v) is 12.3. The van der Waals surface area contributed by atoms with Crippen molar-refractivity contribution in [2.45, 2.75) is 20.4 Å². The summed E-state index contributed by atoms with van der Waals surface area (Å²) in [5, 5.41) is 11.9. The Morgan fingerprint density at radius 2 is 2.05 bits per heavy atom. The van der Waals surface area contributed by atoms with Crippen molar-refractivity contribution in [3.63, 3.8) is 0 Å². The van der Waals surface area contributed by atoms with Crippen molar-refractivity contribution in [3.8, 4) is 5.75 Å². The molecule has 3 N–H and O–H groups in total. The number of ether oxygens (including phenoxy) is 1. The maximum Gasteiger partial charge on any atom is 0.173 e. The highest BCUT2D eigenvalue weighted by atomic mass is 16.5. The summed E-state index contributed by atoms with van der Waals surface area (Å²) in [6, 6.07) is 5.83. The van der Waals surface area contributed by atoms with E-state index in [0.717, 1.165) is 37.0 Å². The summed E-state index contributed by atoms with van der Waals surface area (Å²) in [7, 11) is 1.58. The fourth-order valence-corrected chi connectivity index (χ4v) is 2.74. The van der Waals surface area contributed by atoms with Gasteiger partial charge in [0.05, 0.1) is 12.7 Å². The standard InChI is InChI=1S/C15H23N3O2/c1-10-7-18(8-11(10)2)9-12-4-5-14(20-3)13(6-12)15(16)17-19/h4-6,10-11,19H,7-9H2,1-3H3,(H2,16,17). The first-order valence-electron chi connectivity index (χ1n) is 6.92. The number of hydrogen-bond donors (Lipinski definition) is 2. The molecule has 0 aliphatic carbocycles.